The lowest BCUT2D eigenvalue weighted by Crippen LogP contribution is -2.55. The molecule has 0 radical (unpaired) electrons. The molecule has 0 aromatic rings. The van der Waals surface area contributed by atoms with Crippen molar-refractivity contribution in [3.05, 3.63) is 0 Å². The van der Waals surface area contributed by atoms with Gasteiger partial charge in [0.25, 0.3) is 10.2 Å². The Morgan fingerprint density at radius 1 is 0.893 bits per heavy atom. The van der Waals surface area contributed by atoms with Gasteiger partial charge in [-0.3, -0.25) is 4.79 Å². The highest BCUT2D eigenvalue weighted by Gasteiger charge is 2.44. The smallest absolute Gasteiger partial charge is 0.282 e. The summed E-state index contributed by atoms with van der Waals surface area (Å²) in [7, 11) is -3.56. The van der Waals surface area contributed by atoms with Crippen molar-refractivity contribution in [3.8, 4) is 0 Å². The van der Waals surface area contributed by atoms with Crippen LogP contribution in [0.3, 0.4) is 0 Å². The molecule has 4 fully saturated rings. The quantitative estimate of drug-likeness (QED) is 0.746. The van der Waals surface area contributed by atoms with Crippen LogP contribution < -0.4 is 5.32 Å². The van der Waals surface area contributed by atoms with Gasteiger partial charge in [-0.15, -0.1) is 0 Å². The number of nitrogens with zero attached hydrogens (tertiary/aromatic N) is 2. The minimum atomic E-state index is -3.56. The fraction of sp³-hybridized carbons (Fsp3) is 0.947. The Bertz CT molecular complexity index is 648. The molecular formula is C19H33N3O5S. The number of rotatable bonds is 4. The molecule has 1 saturated carbocycles. The summed E-state index contributed by atoms with van der Waals surface area (Å²) in [5.41, 5.74) is 0. The Balaban J connectivity index is 1.33. The maximum absolute atomic E-state index is 13.1. The van der Waals surface area contributed by atoms with Gasteiger partial charge in [-0.1, -0.05) is 19.3 Å². The topological polar surface area (TPSA) is 88.2 Å². The van der Waals surface area contributed by atoms with Crippen molar-refractivity contribution in [2.24, 2.45) is 5.92 Å². The summed E-state index contributed by atoms with van der Waals surface area (Å²) in [5, 5.41) is 3.17. The minimum Gasteiger partial charge on any atom is -0.353 e. The first-order chi connectivity index (χ1) is 13.5. The summed E-state index contributed by atoms with van der Waals surface area (Å²) in [6.07, 6.45) is 8.27. The first-order valence-corrected chi connectivity index (χ1v) is 12.2. The van der Waals surface area contributed by atoms with E-state index in [1.165, 1.54) is 27.9 Å². The molecule has 0 bridgehead atoms. The van der Waals surface area contributed by atoms with Gasteiger partial charge in [0.1, 0.15) is 0 Å². The second-order valence-corrected chi connectivity index (χ2v) is 10.5. The molecule has 9 heteroatoms. The number of ether oxygens (including phenoxy) is 2. The Morgan fingerprint density at radius 2 is 1.57 bits per heavy atom. The van der Waals surface area contributed by atoms with Crippen LogP contribution in [0.2, 0.25) is 0 Å². The third-order valence-electron chi connectivity index (χ3n) is 6.66. The van der Waals surface area contributed by atoms with Crippen LogP contribution >= 0.6 is 0 Å². The number of hydrogen-bond acceptors (Lipinski definition) is 5. The van der Waals surface area contributed by atoms with Crippen LogP contribution in [-0.2, 0) is 24.5 Å². The second-order valence-electron chi connectivity index (χ2n) is 8.56. The molecule has 1 spiro atoms. The van der Waals surface area contributed by atoms with Gasteiger partial charge in [0.2, 0.25) is 5.91 Å². The number of carbonyl (C=O) groups is 1. The largest absolute Gasteiger partial charge is 0.353 e. The molecule has 28 heavy (non-hydrogen) atoms. The highest BCUT2D eigenvalue weighted by molar-refractivity contribution is 7.86. The van der Waals surface area contributed by atoms with E-state index in [4.69, 9.17) is 9.47 Å². The van der Waals surface area contributed by atoms with Gasteiger partial charge in [0, 0.05) is 45.1 Å². The van der Waals surface area contributed by atoms with Crippen molar-refractivity contribution in [2.75, 3.05) is 39.4 Å². The molecule has 1 N–H and O–H groups in total. The van der Waals surface area contributed by atoms with Crippen molar-refractivity contribution in [1.82, 2.24) is 13.9 Å². The van der Waals surface area contributed by atoms with Gasteiger partial charge in [-0.05, 0) is 25.7 Å². The van der Waals surface area contributed by atoms with E-state index in [1.54, 1.807) is 0 Å². The number of piperidine rings is 2. The summed E-state index contributed by atoms with van der Waals surface area (Å²) in [4.78, 5) is 12.7. The first kappa shape index (κ1) is 20.5. The molecule has 1 amide bonds. The van der Waals surface area contributed by atoms with E-state index in [-0.39, 0.29) is 24.4 Å². The predicted octanol–water partition coefficient (Wildman–Crippen LogP) is 1.23. The molecule has 0 aromatic heterocycles. The normalized spacial score (nSPS) is 30.5. The molecule has 3 heterocycles. The van der Waals surface area contributed by atoms with Crippen molar-refractivity contribution >= 4 is 16.1 Å². The van der Waals surface area contributed by atoms with Crippen LogP contribution in [0.25, 0.3) is 0 Å². The van der Waals surface area contributed by atoms with Gasteiger partial charge in [0.05, 0.1) is 19.1 Å². The monoisotopic (exact) mass is 415 g/mol. The summed E-state index contributed by atoms with van der Waals surface area (Å²) in [6.45, 7) is 2.74. The van der Waals surface area contributed by atoms with E-state index in [0.29, 0.717) is 45.7 Å². The standard InChI is InChI=1S/C19H33N3O5S/c23-18(20-17-6-2-1-3-7-17)16-5-4-10-22(15-16)28(24,25)21-11-8-19(9-12-21)26-13-14-27-19/h16-17H,1-15H2,(H,20,23). The highest BCUT2D eigenvalue weighted by atomic mass is 32.2. The summed E-state index contributed by atoms with van der Waals surface area (Å²) < 4.78 is 40.7. The van der Waals surface area contributed by atoms with E-state index in [0.717, 1.165) is 25.7 Å². The maximum atomic E-state index is 13.1. The predicted molar refractivity (Wildman–Crippen MR) is 104 cm³/mol. The van der Waals surface area contributed by atoms with Crippen LogP contribution in [0.4, 0.5) is 0 Å². The van der Waals surface area contributed by atoms with Crippen molar-refractivity contribution in [1.29, 1.82) is 0 Å². The molecule has 1 atom stereocenters. The van der Waals surface area contributed by atoms with Crippen LogP contribution in [0.1, 0.15) is 57.8 Å². The fourth-order valence-electron chi connectivity index (χ4n) is 4.94. The number of amides is 1. The van der Waals surface area contributed by atoms with E-state index < -0.39 is 16.0 Å². The van der Waals surface area contributed by atoms with Crippen LogP contribution in [-0.4, -0.2) is 74.2 Å². The third kappa shape index (κ3) is 4.38. The minimum absolute atomic E-state index is 0.0251. The zero-order valence-electron chi connectivity index (χ0n) is 16.6. The lowest BCUT2D eigenvalue weighted by molar-refractivity contribution is -0.179. The van der Waals surface area contributed by atoms with E-state index >= 15 is 0 Å². The summed E-state index contributed by atoms with van der Waals surface area (Å²) in [5.74, 6) is -0.809. The van der Waals surface area contributed by atoms with Gasteiger partial charge in [-0.25, -0.2) is 0 Å². The Hall–Kier alpha value is -0.740. The average molecular weight is 416 g/mol. The Labute approximate surface area is 168 Å². The molecule has 8 nitrogen and oxygen atoms in total. The number of carbonyl (C=O) groups excluding carboxylic acids is 1. The second kappa shape index (κ2) is 8.55. The molecule has 1 unspecified atom stereocenters. The summed E-state index contributed by atoms with van der Waals surface area (Å²) >= 11 is 0. The van der Waals surface area contributed by atoms with Gasteiger partial charge in [0.15, 0.2) is 5.79 Å². The Morgan fingerprint density at radius 3 is 2.25 bits per heavy atom. The van der Waals surface area contributed by atoms with E-state index in [9.17, 15) is 13.2 Å². The summed E-state index contributed by atoms with van der Waals surface area (Å²) in [6, 6.07) is 0.262. The highest BCUT2D eigenvalue weighted by Crippen LogP contribution is 2.33. The van der Waals surface area contributed by atoms with Crippen LogP contribution in [0.15, 0.2) is 0 Å². The molecule has 3 aliphatic heterocycles. The lowest BCUT2D eigenvalue weighted by Gasteiger charge is -2.40. The van der Waals surface area contributed by atoms with E-state index in [1.807, 2.05) is 0 Å². The zero-order chi connectivity index (χ0) is 19.6. The average Bonchev–Trinajstić information content (AvgIpc) is 3.17. The molecule has 4 aliphatic rings. The fourth-order valence-corrected chi connectivity index (χ4v) is 6.64. The van der Waals surface area contributed by atoms with Gasteiger partial charge >= 0.3 is 0 Å². The molecule has 1 aliphatic carbocycles. The number of nitrogens with one attached hydrogen (secondary N) is 1. The number of hydrogen-bond donors (Lipinski definition) is 1. The maximum Gasteiger partial charge on any atom is 0.282 e. The molecular weight excluding hydrogens is 382 g/mol. The first-order valence-electron chi connectivity index (χ1n) is 10.8. The van der Waals surface area contributed by atoms with Crippen LogP contribution in [0.5, 0.6) is 0 Å². The molecule has 4 rings (SSSR count). The van der Waals surface area contributed by atoms with Gasteiger partial charge < -0.3 is 14.8 Å². The van der Waals surface area contributed by atoms with Crippen molar-refractivity contribution < 1.29 is 22.7 Å². The third-order valence-corrected chi connectivity index (χ3v) is 8.66. The van der Waals surface area contributed by atoms with Gasteiger partial charge in [-0.2, -0.15) is 17.0 Å². The van der Waals surface area contributed by atoms with Crippen molar-refractivity contribution in [3.63, 3.8) is 0 Å². The molecule has 160 valence electrons. The molecule has 0 aromatic carbocycles. The van der Waals surface area contributed by atoms with Crippen molar-refractivity contribution in [2.45, 2.75) is 69.6 Å². The van der Waals surface area contributed by atoms with Crippen LogP contribution in [0, 0.1) is 5.92 Å². The lowest BCUT2D eigenvalue weighted by atomic mass is 9.93. The Kier molecular flexibility index (Phi) is 6.27. The zero-order valence-corrected chi connectivity index (χ0v) is 17.4. The SMILES string of the molecule is O=C(NC1CCCCC1)C1CCCN(S(=O)(=O)N2CCC3(CC2)OCCO3)C1. The van der Waals surface area contributed by atoms with E-state index in [2.05, 4.69) is 5.32 Å². The molecule has 3 saturated heterocycles.